The van der Waals surface area contributed by atoms with Crippen LogP contribution in [0.25, 0.3) is 0 Å². The number of methoxy groups -OCH3 is 1. The highest BCUT2D eigenvalue weighted by Gasteiger charge is 2.21. The highest BCUT2D eigenvalue weighted by molar-refractivity contribution is 5.69. The van der Waals surface area contributed by atoms with Crippen LogP contribution in [0.4, 0.5) is 5.69 Å². The first kappa shape index (κ1) is 14.7. The zero-order valence-electron chi connectivity index (χ0n) is 12.3. The number of rotatable bonds is 4. The molecule has 2 rings (SSSR count). The molecule has 5 heteroatoms. The highest BCUT2D eigenvalue weighted by atomic mass is 16.5. The average molecular weight is 278 g/mol. The Labute approximate surface area is 119 Å². The lowest BCUT2D eigenvalue weighted by atomic mass is 10.1. The Morgan fingerprint density at radius 2 is 1.90 bits per heavy atom. The molecule has 20 heavy (non-hydrogen) atoms. The molecule has 1 N–H and O–H groups in total. The van der Waals surface area contributed by atoms with Crippen LogP contribution in [0.3, 0.4) is 0 Å². The van der Waals surface area contributed by atoms with Gasteiger partial charge in [-0.15, -0.1) is 0 Å². The van der Waals surface area contributed by atoms with Crippen LogP contribution in [-0.2, 0) is 4.79 Å². The van der Waals surface area contributed by atoms with Crippen molar-refractivity contribution < 1.29 is 14.6 Å². The van der Waals surface area contributed by atoms with Gasteiger partial charge in [0.25, 0.3) is 0 Å². The molecule has 110 valence electrons. The first-order valence-electron chi connectivity index (χ1n) is 6.85. The fourth-order valence-electron chi connectivity index (χ4n) is 2.77. The van der Waals surface area contributed by atoms with Gasteiger partial charge in [0.2, 0.25) is 0 Å². The summed E-state index contributed by atoms with van der Waals surface area (Å²) in [6.45, 7) is 7.44. The van der Waals surface area contributed by atoms with E-state index in [0.29, 0.717) is 0 Å². The van der Waals surface area contributed by atoms with Crippen LogP contribution in [0.1, 0.15) is 11.1 Å². The van der Waals surface area contributed by atoms with Crippen molar-refractivity contribution in [1.82, 2.24) is 4.90 Å². The van der Waals surface area contributed by atoms with Crippen LogP contribution in [0.5, 0.6) is 5.75 Å². The molecule has 0 aliphatic carbocycles. The van der Waals surface area contributed by atoms with E-state index in [-0.39, 0.29) is 6.54 Å². The molecule has 1 aromatic rings. The molecular formula is C15H22N2O3. The second-order valence-corrected chi connectivity index (χ2v) is 5.29. The number of carboxylic acid groups (broad SMARTS) is 1. The smallest absolute Gasteiger partial charge is 0.317 e. The number of ether oxygens (including phenoxy) is 1. The maximum atomic E-state index is 10.7. The summed E-state index contributed by atoms with van der Waals surface area (Å²) in [5.74, 6) is 0.157. The van der Waals surface area contributed by atoms with E-state index in [0.717, 1.165) is 43.2 Å². The van der Waals surface area contributed by atoms with Crippen LogP contribution in [0.2, 0.25) is 0 Å². The Kier molecular flexibility index (Phi) is 4.49. The Balaban J connectivity index is 2.12. The summed E-state index contributed by atoms with van der Waals surface area (Å²) in [6.07, 6.45) is 0. The van der Waals surface area contributed by atoms with E-state index in [1.165, 1.54) is 5.56 Å². The molecule has 0 bridgehead atoms. The highest BCUT2D eigenvalue weighted by Crippen LogP contribution is 2.33. The predicted molar refractivity (Wildman–Crippen MR) is 78.8 cm³/mol. The summed E-state index contributed by atoms with van der Waals surface area (Å²) in [5.41, 5.74) is 3.46. The molecule has 1 aromatic carbocycles. The third kappa shape index (κ3) is 3.22. The third-order valence-electron chi connectivity index (χ3n) is 3.68. The molecule has 0 radical (unpaired) electrons. The van der Waals surface area contributed by atoms with Crippen LogP contribution in [-0.4, -0.2) is 55.8 Å². The molecule has 1 saturated heterocycles. The number of anilines is 1. The van der Waals surface area contributed by atoms with Gasteiger partial charge in [0.15, 0.2) is 0 Å². The first-order valence-corrected chi connectivity index (χ1v) is 6.85. The lowest BCUT2D eigenvalue weighted by Gasteiger charge is -2.36. The van der Waals surface area contributed by atoms with Crippen LogP contribution < -0.4 is 9.64 Å². The summed E-state index contributed by atoms with van der Waals surface area (Å²) >= 11 is 0. The van der Waals surface area contributed by atoms with Crippen molar-refractivity contribution in [2.75, 3.05) is 44.7 Å². The molecule has 0 unspecified atom stereocenters. The minimum Gasteiger partial charge on any atom is -0.494 e. The van der Waals surface area contributed by atoms with Crippen LogP contribution in [0.15, 0.2) is 12.1 Å². The number of aryl methyl sites for hydroxylation is 2. The molecule has 1 fully saturated rings. The molecule has 5 nitrogen and oxygen atoms in total. The van der Waals surface area contributed by atoms with Crippen LogP contribution in [0, 0.1) is 13.8 Å². The van der Waals surface area contributed by atoms with E-state index in [1.54, 1.807) is 7.11 Å². The van der Waals surface area contributed by atoms with Gasteiger partial charge in [-0.1, -0.05) is 6.07 Å². The number of aliphatic carboxylic acids is 1. The van der Waals surface area contributed by atoms with Crippen molar-refractivity contribution in [1.29, 1.82) is 0 Å². The van der Waals surface area contributed by atoms with Gasteiger partial charge >= 0.3 is 5.97 Å². The summed E-state index contributed by atoms with van der Waals surface area (Å²) in [5, 5.41) is 8.83. The third-order valence-corrected chi connectivity index (χ3v) is 3.68. The zero-order valence-corrected chi connectivity index (χ0v) is 12.3. The van der Waals surface area contributed by atoms with E-state index >= 15 is 0 Å². The van der Waals surface area contributed by atoms with Crippen molar-refractivity contribution in [2.45, 2.75) is 13.8 Å². The van der Waals surface area contributed by atoms with Gasteiger partial charge in [0.05, 0.1) is 19.3 Å². The Hall–Kier alpha value is -1.75. The van der Waals surface area contributed by atoms with E-state index < -0.39 is 5.97 Å². The average Bonchev–Trinajstić information content (AvgIpc) is 2.38. The number of piperazine rings is 1. The molecule has 0 aromatic heterocycles. The number of hydrogen-bond acceptors (Lipinski definition) is 4. The number of hydrogen-bond donors (Lipinski definition) is 1. The summed E-state index contributed by atoms with van der Waals surface area (Å²) in [7, 11) is 1.70. The van der Waals surface area contributed by atoms with E-state index in [9.17, 15) is 4.79 Å². The standard InChI is InChI=1S/C15H22N2O3/c1-11-8-12(2)15(20-3)13(9-11)17-6-4-16(5-7-17)10-14(18)19/h8-9H,4-7,10H2,1-3H3,(H,18,19). The normalized spacial score (nSPS) is 16.2. The molecule has 0 saturated carbocycles. The zero-order chi connectivity index (χ0) is 14.7. The van der Waals surface area contributed by atoms with Crippen molar-refractivity contribution in [3.63, 3.8) is 0 Å². The van der Waals surface area contributed by atoms with Gasteiger partial charge in [0.1, 0.15) is 5.75 Å². The fourth-order valence-corrected chi connectivity index (χ4v) is 2.77. The lowest BCUT2D eigenvalue weighted by Crippen LogP contribution is -2.48. The van der Waals surface area contributed by atoms with Gasteiger partial charge in [-0.25, -0.2) is 0 Å². The quantitative estimate of drug-likeness (QED) is 0.905. The molecule has 0 spiro atoms. The van der Waals surface area contributed by atoms with Gasteiger partial charge in [0, 0.05) is 26.2 Å². The Morgan fingerprint density at radius 3 is 2.45 bits per heavy atom. The van der Waals surface area contributed by atoms with Crippen molar-refractivity contribution in [3.05, 3.63) is 23.3 Å². The van der Waals surface area contributed by atoms with Crippen molar-refractivity contribution >= 4 is 11.7 Å². The van der Waals surface area contributed by atoms with E-state index in [4.69, 9.17) is 9.84 Å². The van der Waals surface area contributed by atoms with E-state index in [2.05, 4.69) is 30.9 Å². The molecule has 1 aliphatic rings. The van der Waals surface area contributed by atoms with Gasteiger partial charge in [-0.3, -0.25) is 9.69 Å². The second-order valence-electron chi connectivity index (χ2n) is 5.29. The molecule has 0 amide bonds. The lowest BCUT2D eigenvalue weighted by molar-refractivity contribution is -0.138. The first-order chi connectivity index (χ1) is 9.51. The number of carboxylic acids is 1. The monoisotopic (exact) mass is 278 g/mol. The van der Waals surface area contributed by atoms with Crippen molar-refractivity contribution in [3.8, 4) is 5.75 Å². The second kappa shape index (κ2) is 6.13. The summed E-state index contributed by atoms with van der Waals surface area (Å²) < 4.78 is 5.53. The van der Waals surface area contributed by atoms with Crippen LogP contribution >= 0.6 is 0 Å². The minimum absolute atomic E-state index is 0.123. The molecular weight excluding hydrogens is 256 g/mol. The van der Waals surface area contributed by atoms with Gasteiger partial charge < -0.3 is 14.7 Å². The number of benzene rings is 1. The van der Waals surface area contributed by atoms with Crippen molar-refractivity contribution in [2.24, 2.45) is 0 Å². The minimum atomic E-state index is -0.762. The predicted octanol–water partition coefficient (Wildman–Crippen LogP) is 1.52. The molecule has 1 heterocycles. The number of nitrogens with zero attached hydrogens (tertiary/aromatic N) is 2. The Bertz CT molecular complexity index is 494. The summed E-state index contributed by atoms with van der Waals surface area (Å²) in [6, 6.07) is 4.25. The Morgan fingerprint density at radius 1 is 1.25 bits per heavy atom. The van der Waals surface area contributed by atoms with Gasteiger partial charge in [-0.2, -0.15) is 0 Å². The fraction of sp³-hybridized carbons (Fsp3) is 0.533. The maximum Gasteiger partial charge on any atom is 0.317 e. The largest absolute Gasteiger partial charge is 0.494 e. The molecule has 0 atom stereocenters. The topological polar surface area (TPSA) is 53.0 Å². The van der Waals surface area contributed by atoms with E-state index in [1.807, 2.05) is 4.90 Å². The van der Waals surface area contributed by atoms with Gasteiger partial charge in [-0.05, 0) is 31.0 Å². The number of carbonyl (C=O) groups is 1. The maximum absolute atomic E-state index is 10.7. The summed E-state index contributed by atoms with van der Waals surface area (Å²) in [4.78, 5) is 15.0. The SMILES string of the molecule is COc1c(C)cc(C)cc1N1CCN(CC(=O)O)CC1. The molecule has 1 aliphatic heterocycles.